The van der Waals surface area contributed by atoms with Crippen LogP contribution in [0.2, 0.25) is 0 Å². The van der Waals surface area contributed by atoms with Gasteiger partial charge < -0.3 is 10.1 Å². The Hall–Kier alpha value is -2.97. The lowest BCUT2D eigenvalue weighted by Crippen LogP contribution is -2.19. The summed E-state index contributed by atoms with van der Waals surface area (Å²) in [5.74, 6) is -0.316. The third-order valence-corrected chi connectivity index (χ3v) is 3.58. The van der Waals surface area contributed by atoms with Crippen molar-refractivity contribution >= 4 is 16.7 Å². The van der Waals surface area contributed by atoms with E-state index in [2.05, 4.69) is 15.3 Å². The Bertz CT molecular complexity index is 930. The fourth-order valence-corrected chi connectivity index (χ4v) is 2.42. The maximum atomic E-state index is 13.0. The van der Waals surface area contributed by atoms with E-state index in [9.17, 15) is 22.0 Å². The molecule has 0 aliphatic heterocycles. The second-order valence-corrected chi connectivity index (χ2v) is 5.65. The Morgan fingerprint density at radius 2 is 1.78 bits per heavy atom. The second kappa shape index (κ2) is 7.73. The second-order valence-electron chi connectivity index (χ2n) is 5.65. The van der Waals surface area contributed by atoms with Gasteiger partial charge in [0.25, 0.3) is 6.43 Å². The molecule has 3 aromatic rings. The largest absolute Gasteiger partial charge is 0.484 e. The number of anilines is 1. The molecule has 0 aliphatic rings. The standard InChI is InChI=1S/C18H14F5N3O/c19-15(20)17-25-14-7-2-1-6-13(14)16(26-17)24-9-11-4-3-5-12(8-11)27-10-18(21,22)23/h1-8,15H,9-10H2,(H,24,25,26). The molecule has 1 aromatic heterocycles. The van der Waals surface area contributed by atoms with Crippen LogP contribution in [-0.4, -0.2) is 22.8 Å². The maximum Gasteiger partial charge on any atom is 0.422 e. The van der Waals surface area contributed by atoms with Crippen molar-refractivity contribution in [2.45, 2.75) is 19.1 Å². The quantitative estimate of drug-likeness (QED) is 0.600. The summed E-state index contributed by atoms with van der Waals surface area (Å²) in [7, 11) is 0. The van der Waals surface area contributed by atoms with Crippen LogP contribution in [-0.2, 0) is 6.54 Å². The van der Waals surface area contributed by atoms with Gasteiger partial charge in [0.05, 0.1) is 5.52 Å². The molecule has 0 atom stereocenters. The Morgan fingerprint density at radius 1 is 1.00 bits per heavy atom. The topological polar surface area (TPSA) is 47.0 Å². The van der Waals surface area contributed by atoms with E-state index >= 15 is 0 Å². The summed E-state index contributed by atoms with van der Waals surface area (Å²) in [6, 6.07) is 12.8. The van der Waals surface area contributed by atoms with Crippen molar-refractivity contribution in [3.05, 3.63) is 59.9 Å². The molecule has 2 aromatic carbocycles. The van der Waals surface area contributed by atoms with E-state index < -0.39 is 25.0 Å². The van der Waals surface area contributed by atoms with E-state index in [0.29, 0.717) is 16.5 Å². The number of para-hydroxylation sites is 1. The molecule has 0 radical (unpaired) electrons. The molecule has 3 rings (SSSR count). The van der Waals surface area contributed by atoms with Crippen molar-refractivity contribution in [3.8, 4) is 5.75 Å². The number of fused-ring (bicyclic) bond motifs is 1. The van der Waals surface area contributed by atoms with Gasteiger partial charge in [0, 0.05) is 11.9 Å². The summed E-state index contributed by atoms with van der Waals surface area (Å²) in [5.41, 5.74) is 0.975. The fourth-order valence-electron chi connectivity index (χ4n) is 2.42. The van der Waals surface area contributed by atoms with Crippen molar-refractivity contribution in [1.29, 1.82) is 0 Å². The van der Waals surface area contributed by atoms with Gasteiger partial charge in [0.1, 0.15) is 11.6 Å². The fraction of sp³-hybridized carbons (Fsp3) is 0.222. The van der Waals surface area contributed by atoms with Crippen LogP contribution in [0.5, 0.6) is 5.75 Å². The molecular formula is C18H14F5N3O. The van der Waals surface area contributed by atoms with Crippen molar-refractivity contribution in [3.63, 3.8) is 0 Å². The van der Waals surface area contributed by atoms with Gasteiger partial charge in [-0.05, 0) is 29.8 Å². The number of benzene rings is 2. The van der Waals surface area contributed by atoms with Crippen LogP contribution >= 0.6 is 0 Å². The monoisotopic (exact) mass is 383 g/mol. The average molecular weight is 383 g/mol. The summed E-state index contributed by atoms with van der Waals surface area (Å²) < 4.78 is 67.5. The van der Waals surface area contributed by atoms with Gasteiger partial charge in [0.2, 0.25) is 0 Å². The summed E-state index contributed by atoms with van der Waals surface area (Å²) in [4.78, 5) is 7.68. The minimum absolute atomic E-state index is 0.0624. The number of nitrogens with zero attached hydrogens (tertiary/aromatic N) is 2. The molecule has 142 valence electrons. The van der Waals surface area contributed by atoms with E-state index in [1.807, 2.05) is 0 Å². The van der Waals surface area contributed by atoms with Crippen LogP contribution in [0.25, 0.3) is 10.9 Å². The van der Waals surface area contributed by atoms with Crippen LogP contribution in [0.15, 0.2) is 48.5 Å². The number of nitrogens with one attached hydrogen (secondary N) is 1. The van der Waals surface area contributed by atoms with E-state index in [1.54, 1.807) is 36.4 Å². The molecule has 1 N–H and O–H groups in total. The minimum Gasteiger partial charge on any atom is -0.484 e. The normalized spacial score (nSPS) is 11.8. The van der Waals surface area contributed by atoms with Crippen LogP contribution in [0.3, 0.4) is 0 Å². The highest BCUT2D eigenvalue weighted by molar-refractivity contribution is 5.89. The maximum absolute atomic E-state index is 13.0. The third kappa shape index (κ3) is 5.02. The molecule has 0 fully saturated rings. The molecule has 0 saturated heterocycles. The summed E-state index contributed by atoms with van der Waals surface area (Å²) in [6.07, 6.45) is -7.26. The number of halogens is 5. The van der Waals surface area contributed by atoms with Gasteiger partial charge in [-0.15, -0.1) is 0 Å². The van der Waals surface area contributed by atoms with Crippen LogP contribution in [0.1, 0.15) is 17.8 Å². The minimum atomic E-state index is -4.43. The summed E-state index contributed by atoms with van der Waals surface area (Å²) in [6.45, 7) is -1.23. The molecule has 0 aliphatic carbocycles. The molecule has 0 spiro atoms. The molecular weight excluding hydrogens is 369 g/mol. The van der Waals surface area contributed by atoms with Gasteiger partial charge in [0.15, 0.2) is 12.4 Å². The van der Waals surface area contributed by atoms with E-state index in [4.69, 9.17) is 4.74 Å². The van der Waals surface area contributed by atoms with Gasteiger partial charge >= 0.3 is 6.18 Å². The highest BCUT2D eigenvalue weighted by atomic mass is 19.4. The van der Waals surface area contributed by atoms with Crippen LogP contribution in [0.4, 0.5) is 27.8 Å². The van der Waals surface area contributed by atoms with Crippen LogP contribution < -0.4 is 10.1 Å². The number of hydrogen-bond donors (Lipinski definition) is 1. The van der Waals surface area contributed by atoms with Gasteiger partial charge in [-0.3, -0.25) is 0 Å². The highest BCUT2D eigenvalue weighted by Gasteiger charge is 2.28. The lowest BCUT2D eigenvalue weighted by Gasteiger charge is -2.12. The predicted octanol–water partition coefficient (Wildman–Crippen LogP) is 5.12. The smallest absolute Gasteiger partial charge is 0.422 e. The Kier molecular flexibility index (Phi) is 5.38. The van der Waals surface area contributed by atoms with E-state index in [1.165, 1.54) is 12.1 Å². The van der Waals surface area contributed by atoms with Crippen molar-refractivity contribution < 1.29 is 26.7 Å². The number of rotatable bonds is 6. The predicted molar refractivity (Wildman–Crippen MR) is 89.8 cm³/mol. The number of aromatic nitrogens is 2. The Morgan fingerprint density at radius 3 is 2.52 bits per heavy atom. The lowest BCUT2D eigenvalue weighted by atomic mass is 10.2. The van der Waals surface area contributed by atoms with Gasteiger partial charge in [-0.1, -0.05) is 24.3 Å². The highest BCUT2D eigenvalue weighted by Crippen LogP contribution is 2.25. The first-order valence-electron chi connectivity index (χ1n) is 7.89. The first-order chi connectivity index (χ1) is 12.8. The first-order valence-corrected chi connectivity index (χ1v) is 7.89. The molecule has 0 amide bonds. The van der Waals surface area contributed by atoms with Crippen molar-refractivity contribution in [1.82, 2.24) is 9.97 Å². The lowest BCUT2D eigenvalue weighted by molar-refractivity contribution is -0.153. The molecule has 0 bridgehead atoms. The van der Waals surface area contributed by atoms with Crippen molar-refractivity contribution in [2.75, 3.05) is 11.9 Å². The molecule has 0 unspecified atom stereocenters. The van der Waals surface area contributed by atoms with Gasteiger partial charge in [-0.2, -0.15) is 13.2 Å². The molecule has 9 heteroatoms. The van der Waals surface area contributed by atoms with Crippen molar-refractivity contribution in [2.24, 2.45) is 0 Å². The molecule has 0 saturated carbocycles. The Labute approximate surface area is 151 Å². The summed E-state index contributed by atoms with van der Waals surface area (Å²) >= 11 is 0. The number of hydrogen-bond acceptors (Lipinski definition) is 4. The number of alkyl halides is 5. The Balaban J connectivity index is 1.79. The molecule has 4 nitrogen and oxygen atoms in total. The average Bonchev–Trinajstić information content (AvgIpc) is 2.64. The van der Waals surface area contributed by atoms with E-state index in [0.717, 1.165) is 0 Å². The van der Waals surface area contributed by atoms with Gasteiger partial charge in [-0.25, -0.2) is 18.7 Å². The SMILES string of the molecule is FC(F)c1nc(NCc2cccc(OCC(F)(F)F)c2)c2ccccc2n1. The first kappa shape index (κ1) is 18.8. The van der Waals surface area contributed by atoms with E-state index in [-0.39, 0.29) is 18.1 Å². The molecule has 1 heterocycles. The van der Waals surface area contributed by atoms with Crippen LogP contribution in [0, 0.1) is 0 Å². The zero-order valence-corrected chi connectivity index (χ0v) is 13.8. The zero-order valence-electron chi connectivity index (χ0n) is 13.8. The third-order valence-electron chi connectivity index (χ3n) is 3.58. The summed E-state index contributed by atoms with van der Waals surface area (Å²) in [5, 5.41) is 3.50. The molecule has 27 heavy (non-hydrogen) atoms. The number of ether oxygens (including phenoxy) is 1. The zero-order chi connectivity index (χ0) is 19.4.